The van der Waals surface area contributed by atoms with Crippen molar-refractivity contribution in [2.45, 2.75) is 6.92 Å². The minimum absolute atomic E-state index is 0.394. The van der Waals surface area contributed by atoms with Gasteiger partial charge in [-0.2, -0.15) is 0 Å². The average molecular weight is 262 g/mol. The van der Waals surface area contributed by atoms with Crippen molar-refractivity contribution in [3.63, 3.8) is 0 Å². The fourth-order valence-corrected chi connectivity index (χ4v) is 1.68. The quantitative estimate of drug-likeness (QED) is 0.817. The first-order valence-corrected chi connectivity index (χ1v) is 5.60. The lowest BCUT2D eigenvalue weighted by atomic mass is 10.1. The molecule has 0 aliphatic heterocycles. The zero-order chi connectivity index (χ0) is 14.0. The number of carbonyl (C=O) groups is 1. The number of hydrogen-bond donors (Lipinski definition) is 2. The largest absolute Gasteiger partial charge is 0.396 e. The van der Waals surface area contributed by atoms with Gasteiger partial charge in [0.2, 0.25) is 0 Å². The summed E-state index contributed by atoms with van der Waals surface area (Å²) in [5.41, 5.74) is 5.83. The predicted molar refractivity (Wildman–Crippen MR) is 69.9 cm³/mol. The van der Waals surface area contributed by atoms with E-state index < -0.39 is 28.8 Å². The molecule has 0 saturated carbocycles. The molecule has 0 heterocycles. The number of anilines is 2. The zero-order valence-corrected chi connectivity index (χ0v) is 10.2. The molecule has 3 N–H and O–H groups in total. The van der Waals surface area contributed by atoms with Crippen molar-refractivity contribution in [2.75, 3.05) is 11.1 Å². The molecular weight excluding hydrogens is 250 g/mol. The molecule has 0 aliphatic rings. The molecule has 0 bridgehead atoms. The summed E-state index contributed by atoms with van der Waals surface area (Å²) < 4.78 is 26.8. The molecule has 98 valence electrons. The van der Waals surface area contributed by atoms with Crippen LogP contribution >= 0.6 is 0 Å². The Balaban J connectivity index is 2.33. The second-order valence-corrected chi connectivity index (χ2v) is 4.13. The summed E-state index contributed by atoms with van der Waals surface area (Å²) in [6.07, 6.45) is 0. The Kier molecular flexibility index (Phi) is 3.46. The van der Waals surface area contributed by atoms with Gasteiger partial charge in [0.15, 0.2) is 5.82 Å². The second kappa shape index (κ2) is 5.06. The fourth-order valence-electron chi connectivity index (χ4n) is 1.68. The van der Waals surface area contributed by atoms with Crippen molar-refractivity contribution in [1.82, 2.24) is 0 Å². The summed E-state index contributed by atoms with van der Waals surface area (Å²) in [5, 5.41) is 2.52. The highest BCUT2D eigenvalue weighted by Gasteiger charge is 2.16. The van der Waals surface area contributed by atoms with Crippen LogP contribution in [-0.2, 0) is 0 Å². The van der Waals surface area contributed by atoms with Crippen LogP contribution in [0, 0.1) is 18.6 Å². The maximum Gasteiger partial charge on any atom is 0.258 e. The topological polar surface area (TPSA) is 55.1 Å². The molecule has 2 rings (SSSR count). The Morgan fingerprint density at radius 1 is 1.21 bits per heavy atom. The number of amides is 1. The van der Waals surface area contributed by atoms with E-state index in [4.69, 9.17) is 5.73 Å². The third-order valence-electron chi connectivity index (χ3n) is 2.70. The first-order chi connectivity index (χ1) is 8.99. The molecule has 0 aliphatic carbocycles. The summed E-state index contributed by atoms with van der Waals surface area (Å²) in [4.78, 5) is 11.9. The van der Waals surface area contributed by atoms with Crippen molar-refractivity contribution < 1.29 is 13.6 Å². The standard InChI is InChI=1S/C14H12F2N2O/c1-8-4-2-3-5-12(8)18-14(19)10-6-9(15)7-11(17)13(10)16/h2-7H,17H2,1H3,(H,18,19). The van der Waals surface area contributed by atoms with Crippen LogP contribution < -0.4 is 11.1 Å². The van der Waals surface area contributed by atoms with Gasteiger partial charge in [0.1, 0.15) is 5.82 Å². The van der Waals surface area contributed by atoms with Gasteiger partial charge in [0.05, 0.1) is 11.3 Å². The Morgan fingerprint density at radius 3 is 2.58 bits per heavy atom. The van der Waals surface area contributed by atoms with Gasteiger partial charge in [0.25, 0.3) is 5.91 Å². The van der Waals surface area contributed by atoms with Crippen LogP contribution in [0.1, 0.15) is 15.9 Å². The van der Waals surface area contributed by atoms with E-state index in [1.54, 1.807) is 25.1 Å². The molecule has 1 amide bonds. The number of nitrogens with two attached hydrogens (primary N) is 1. The van der Waals surface area contributed by atoms with Crippen LogP contribution in [0.5, 0.6) is 0 Å². The summed E-state index contributed by atoms with van der Waals surface area (Å²) >= 11 is 0. The van der Waals surface area contributed by atoms with E-state index in [0.717, 1.165) is 17.7 Å². The van der Waals surface area contributed by atoms with Gasteiger partial charge in [-0.3, -0.25) is 4.79 Å². The molecule has 0 aromatic heterocycles. The summed E-state index contributed by atoms with van der Waals surface area (Å²) in [6, 6.07) is 8.67. The van der Waals surface area contributed by atoms with E-state index in [1.165, 1.54) is 0 Å². The Morgan fingerprint density at radius 2 is 1.89 bits per heavy atom. The van der Waals surface area contributed by atoms with Gasteiger partial charge < -0.3 is 11.1 Å². The molecule has 3 nitrogen and oxygen atoms in total. The van der Waals surface area contributed by atoms with E-state index in [0.29, 0.717) is 5.69 Å². The number of benzene rings is 2. The van der Waals surface area contributed by atoms with E-state index in [-0.39, 0.29) is 0 Å². The number of rotatable bonds is 2. The monoisotopic (exact) mass is 262 g/mol. The van der Waals surface area contributed by atoms with Crippen molar-refractivity contribution in [2.24, 2.45) is 0 Å². The molecule has 0 unspecified atom stereocenters. The molecule has 0 saturated heterocycles. The van der Waals surface area contributed by atoms with E-state index in [1.807, 2.05) is 6.07 Å². The Hall–Kier alpha value is -2.43. The SMILES string of the molecule is Cc1ccccc1NC(=O)c1cc(F)cc(N)c1F. The number of nitrogen functional groups attached to an aromatic ring is 1. The Labute approximate surface area is 109 Å². The van der Waals surface area contributed by atoms with Gasteiger partial charge in [-0.15, -0.1) is 0 Å². The van der Waals surface area contributed by atoms with Crippen LogP contribution in [-0.4, -0.2) is 5.91 Å². The molecule has 2 aromatic rings. The van der Waals surface area contributed by atoms with E-state index in [2.05, 4.69) is 5.32 Å². The van der Waals surface area contributed by atoms with Crippen LogP contribution in [0.2, 0.25) is 0 Å². The number of nitrogens with one attached hydrogen (secondary N) is 1. The highest BCUT2D eigenvalue weighted by atomic mass is 19.1. The molecule has 0 fully saturated rings. The van der Waals surface area contributed by atoms with Crippen LogP contribution in [0.3, 0.4) is 0 Å². The van der Waals surface area contributed by atoms with E-state index in [9.17, 15) is 13.6 Å². The fraction of sp³-hybridized carbons (Fsp3) is 0.0714. The Bertz CT molecular complexity index is 641. The number of halogens is 2. The van der Waals surface area contributed by atoms with Gasteiger partial charge in [-0.05, 0) is 30.7 Å². The first kappa shape index (κ1) is 13.0. The average Bonchev–Trinajstić information content (AvgIpc) is 2.36. The van der Waals surface area contributed by atoms with Crippen LogP contribution in [0.4, 0.5) is 20.2 Å². The minimum atomic E-state index is -0.924. The molecular formula is C14H12F2N2O. The molecule has 19 heavy (non-hydrogen) atoms. The van der Waals surface area contributed by atoms with Gasteiger partial charge in [-0.1, -0.05) is 18.2 Å². The zero-order valence-electron chi connectivity index (χ0n) is 10.2. The van der Waals surface area contributed by atoms with Crippen LogP contribution in [0.25, 0.3) is 0 Å². The molecule has 0 atom stereocenters. The normalized spacial score (nSPS) is 10.3. The molecule has 2 aromatic carbocycles. The minimum Gasteiger partial charge on any atom is -0.396 e. The summed E-state index contributed by atoms with van der Waals surface area (Å²) in [7, 11) is 0. The van der Waals surface area contributed by atoms with Crippen molar-refractivity contribution >= 4 is 17.3 Å². The van der Waals surface area contributed by atoms with E-state index >= 15 is 0 Å². The van der Waals surface area contributed by atoms with Crippen molar-refractivity contribution in [3.05, 3.63) is 59.2 Å². The highest BCUT2D eigenvalue weighted by molar-refractivity contribution is 6.05. The number of hydrogen-bond acceptors (Lipinski definition) is 2. The maximum absolute atomic E-state index is 13.7. The van der Waals surface area contributed by atoms with Gasteiger partial charge >= 0.3 is 0 Å². The van der Waals surface area contributed by atoms with Gasteiger partial charge in [-0.25, -0.2) is 8.78 Å². The third kappa shape index (κ3) is 2.70. The smallest absolute Gasteiger partial charge is 0.258 e. The number of carbonyl (C=O) groups excluding carboxylic acids is 1. The van der Waals surface area contributed by atoms with Crippen molar-refractivity contribution in [1.29, 1.82) is 0 Å². The van der Waals surface area contributed by atoms with Gasteiger partial charge in [0, 0.05) is 5.69 Å². The predicted octanol–water partition coefficient (Wildman–Crippen LogP) is 3.11. The number of para-hydroxylation sites is 1. The highest BCUT2D eigenvalue weighted by Crippen LogP contribution is 2.20. The molecule has 5 heteroatoms. The summed E-state index contributed by atoms with van der Waals surface area (Å²) in [5.74, 6) is -2.42. The van der Waals surface area contributed by atoms with Crippen LogP contribution in [0.15, 0.2) is 36.4 Å². The first-order valence-electron chi connectivity index (χ1n) is 5.60. The van der Waals surface area contributed by atoms with Crippen molar-refractivity contribution in [3.8, 4) is 0 Å². The lowest BCUT2D eigenvalue weighted by Crippen LogP contribution is -2.15. The molecule has 0 radical (unpaired) electrons. The lowest BCUT2D eigenvalue weighted by Gasteiger charge is -2.09. The second-order valence-electron chi connectivity index (χ2n) is 4.13. The third-order valence-corrected chi connectivity index (χ3v) is 2.70. The maximum atomic E-state index is 13.7. The number of aryl methyl sites for hydroxylation is 1. The molecule has 0 spiro atoms. The lowest BCUT2D eigenvalue weighted by molar-refractivity contribution is 0.102. The summed E-state index contributed by atoms with van der Waals surface area (Å²) in [6.45, 7) is 1.80.